The summed E-state index contributed by atoms with van der Waals surface area (Å²) < 4.78 is 4.91. The van der Waals surface area contributed by atoms with Crippen LogP contribution in [0.15, 0.2) is 6.20 Å². The number of aromatic nitrogens is 1. The van der Waals surface area contributed by atoms with E-state index >= 15 is 0 Å². The second-order valence-corrected chi connectivity index (χ2v) is 3.76. The number of aliphatic carboxylic acids is 1. The van der Waals surface area contributed by atoms with Crippen molar-refractivity contribution >= 4 is 17.3 Å². The largest absolute Gasteiger partial charge is 0.481 e. The van der Waals surface area contributed by atoms with Crippen molar-refractivity contribution in [1.82, 2.24) is 4.98 Å². The van der Waals surface area contributed by atoms with Crippen molar-refractivity contribution in [3.8, 4) is 5.19 Å². The van der Waals surface area contributed by atoms with Crippen LogP contribution in [0.3, 0.4) is 0 Å². The molecule has 4 nitrogen and oxygen atoms in total. The zero-order valence-electron chi connectivity index (χ0n) is 7.48. The van der Waals surface area contributed by atoms with Gasteiger partial charge in [-0.05, 0) is 0 Å². The van der Waals surface area contributed by atoms with Gasteiger partial charge in [-0.15, -0.1) is 0 Å². The van der Waals surface area contributed by atoms with Crippen LogP contribution in [0.5, 0.6) is 5.19 Å². The van der Waals surface area contributed by atoms with Gasteiger partial charge in [0.15, 0.2) is 0 Å². The maximum absolute atomic E-state index is 10.4. The molecule has 1 aromatic heterocycles. The van der Waals surface area contributed by atoms with Gasteiger partial charge in [0.2, 0.25) is 0 Å². The van der Waals surface area contributed by atoms with Crippen molar-refractivity contribution in [3.63, 3.8) is 0 Å². The smallest absolute Gasteiger partial charge is 0.303 e. The third-order valence-electron chi connectivity index (χ3n) is 1.64. The number of hydrogen-bond acceptors (Lipinski definition) is 4. The maximum atomic E-state index is 10.4. The van der Waals surface area contributed by atoms with Gasteiger partial charge in [-0.3, -0.25) is 4.79 Å². The van der Waals surface area contributed by atoms with Crippen LogP contribution in [0.2, 0.25) is 0 Å². The van der Waals surface area contributed by atoms with Crippen molar-refractivity contribution in [2.45, 2.75) is 19.3 Å². The quantitative estimate of drug-likeness (QED) is 0.805. The Labute approximate surface area is 80.2 Å². The zero-order chi connectivity index (χ0) is 9.84. The lowest BCUT2D eigenvalue weighted by molar-refractivity contribution is -0.137. The second-order valence-electron chi connectivity index (χ2n) is 2.73. The summed E-state index contributed by atoms with van der Waals surface area (Å²) >= 11 is 1.39. The molecule has 1 unspecified atom stereocenters. The number of rotatable bonds is 4. The molecule has 1 aromatic rings. The van der Waals surface area contributed by atoms with Gasteiger partial charge in [-0.2, -0.15) is 0 Å². The number of thiazole rings is 1. The van der Waals surface area contributed by atoms with E-state index < -0.39 is 5.97 Å². The highest BCUT2D eigenvalue weighted by Crippen LogP contribution is 2.28. The van der Waals surface area contributed by atoms with Crippen molar-refractivity contribution in [3.05, 3.63) is 11.1 Å². The lowest BCUT2D eigenvalue weighted by atomic mass is 10.1. The van der Waals surface area contributed by atoms with Crippen LogP contribution in [0.4, 0.5) is 0 Å². The topological polar surface area (TPSA) is 59.4 Å². The average molecular weight is 201 g/mol. The molecule has 5 heteroatoms. The molecule has 0 saturated heterocycles. The molecular weight excluding hydrogens is 190 g/mol. The van der Waals surface area contributed by atoms with Crippen LogP contribution < -0.4 is 4.74 Å². The lowest BCUT2D eigenvalue weighted by Gasteiger charge is -2.02. The summed E-state index contributed by atoms with van der Waals surface area (Å²) in [7, 11) is 1.55. The molecule has 72 valence electrons. The van der Waals surface area contributed by atoms with Crippen LogP contribution in [0, 0.1) is 0 Å². The highest BCUT2D eigenvalue weighted by molar-refractivity contribution is 7.13. The Balaban J connectivity index is 2.65. The number of nitrogens with zero attached hydrogens (tertiary/aromatic N) is 1. The Kier molecular flexibility index (Phi) is 3.25. The summed E-state index contributed by atoms with van der Waals surface area (Å²) in [6, 6.07) is 0. The molecule has 1 atom stereocenters. The summed E-state index contributed by atoms with van der Waals surface area (Å²) in [6.45, 7) is 1.86. The Morgan fingerprint density at radius 1 is 1.85 bits per heavy atom. The van der Waals surface area contributed by atoms with E-state index in [1.54, 1.807) is 13.3 Å². The minimum atomic E-state index is -0.792. The molecule has 0 spiro atoms. The molecule has 0 aliphatic heterocycles. The third-order valence-corrected chi connectivity index (χ3v) is 2.83. The summed E-state index contributed by atoms with van der Waals surface area (Å²) in [6.07, 6.45) is 1.79. The second kappa shape index (κ2) is 4.23. The zero-order valence-corrected chi connectivity index (χ0v) is 8.30. The highest BCUT2D eigenvalue weighted by Gasteiger charge is 2.13. The monoisotopic (exact) mass is 201 g/mol. The third kappa shape index (κ3) is 2.69. The molecule has 0 saturated carbocycles. The molecule has 1 rings (SSSR count). The first kappa shape index (κ1) is 9.98. The molecule has 0 amide bonds. The first-order valence-corrected chi connectivity index (χ1v) is 4.66. The summed E-state index contributed by atoms with van der Waals surface area (Å²) in [5, 5.41) is 9.14. The fourth-order valence-electron chi connectivity index (χ4n) is 0.955. The normalized spacial score (nSPS) is 12.5. The van der Waals surface area contributed by atoms with E-state index in [0.29, 0.717) is 5.19 Å². The first-order valence-electron chi connectivity index (χ1n) is 3.85. The maximum Gasteiger partial charge on any atom is 0.303 e. The molecule has 0 aromatic carbocycles. The van der Waals surface area contributed by atoms with Gasteiger partial charge >= 0.3 is 5.97 Å². The standard InChI is InChI=1S/C8H11NO3S/c1-5(3-7(10)11)6-4-9-8(12-2)13-6/h4-5H,3H2,1-2H3,(H,10,11). The fraction of sp³-hybridized carbons (Fsp3) is 0.500. The van der Waals surface area contributed by atoms with Gasteiger partial charge in [0.25, 0.3) is 5.19 Å². The Morgan fingerprint density at radius 3 is 3.00 bits per heavy atom. The van der Waals surface area contributed by atoms with E-state index in [1.807, 2.05) is 6.92 Å². The Hall–Kier alpha value is -1.10. The van der Waals surface area contributed by atoms with Crippen LogP contribution in [0.1, 0.15) is 24.1 Å². The fourth-order valence-corrected chi connectivity index (χ4v) is 1.73. The lowest BCUT2D eigenvalue weighted by Crippen LogP contribution is -2.00. The minimum absolute atomic E-state index is 0.00102. The van der Waals surface area contributed by atoms with Gasteiger partial charge in [-0.25, -0.2) is 4.98 Å². The average Bonchev–Trinajstić information content (AvgIpc) is 2.50. The highest BCUT2D eigenvalue weighted by atomic mass is 32.1. The predicted octanol–water partition coefficient (Wildman–Crippen LogP) is 1.73. The predicted molar refractivity (Wildman–Crippen MR) is 49.3 cm³/mol. The molecule has 13 heavy (non-hydrogen) atoms. The van der Waals surface area contributed by atoms with Gasteiger partial charge in [0.1, 0.15) is 0 Å². The molecule has 1 heterocycles. The number of carbonyl (C=O) groups is 1. The van der Waals surface area contributed by atoms with E-state index in [9.17, 15) is 4.79 Å². The van der Waals surface area contributed by atoms with Crippen LogP contribution >= 0.6 is 11.3 Å². The van der Waals surface area contributed by atoms with E-state index in [0.717, 1.165) is 4.88 Å². The van der Waals surface area contributed by atoms with E-state index in [-0.39, 0.29) is 12.3 Å². The van der Waals surface area contributed by atoms with Crippen LogP contribution in [-0.2, 0) is 4.79 Å². The summed E-state index contributed by atoms with van der Waals surface area (Å²) in [5.41, 5.74) is 0. The molecular formula is C8H11NO3S. The van der Waals surface area contributed by atoms with E-state index in [1.165, 1.54) is 11.3 Å². The molecule has 1 N–H and O–H groups in total. The van der Waals surface area contributed by atoms with E-state index in [4.69, 9.17) is 9.84 Å². The number of ether oxygens (including phenoxy) is 1. The van der Waals surface area contributed by atoms with Gasteiger partial charge in [0.05, 0.1) is 13.5 Å². The molecule has 0 fully saturated rings. The van der Waals surface area contributed by atoms with Crippen LogP contribution in [0.25, 0.3) is 0 Å². The molecule has 0 radical (unpaired) electrons. The Bertz CT molecular complexity index is 297. The Morgan fingerprint density at radius 2 is 2.54 bits per heavy atom. The van der Waals surface area contributed by atoms with Crippen molar-refractivity contribution in [1.29, 1.82) is 0 Å². The van der Waals surface area contributed by atoms with Gasteiger partial charge in [0, 0.05) is 17.0 Å². The van der Waals surface area contributed by atoms with Gasteiger partial charge < -0.3 is 9.84 Å². The first-order chi connectivity index (χ1) is 6.13. The van der Waals surface area contributed by atoms with Gasteiger partial charge in [-0.1, -0.05) is 18.3 Å². The molecule has 0 aliphatic carbocycles. The molecule has 0 bridgehead atoms. The van der Waals surface area contributed by atoms with Crippen LogP contribution in [-0.4, -0.2) is 23.2 Å². The van der Waals surface area contributed by atoms with Crippen molar-refractivity contribution in [2.75, 3.05) is 7.11 Å². The minimum Gasteiger partial charge on any atom is -0.481 e. The van der Waals surface area contributed by atoms with E-state index in [2.05, 4.69) is 4.98 Å². The summed E-state index contributed by atoms with van der Waals surface area (Å²) in [5.74, 6) is -0.793. The number of carboxylic acid groups (broad SMARTS) is 1. The summed E-state index contributed by atoms with van der Waals surface area (Å²) in [4.78, 5) is 15.3. The molecule has 0 aliphatic rings. The number of hydrogen-bond donors (Lipinski definition) is 1. The number of methoxy groups -OCH3 is 1. The number of carboxylic acids is 1. The SMILES string of the molecule is COc1ncc(C(C)CC(=O)O)s1. The van der Waals surface area contributed by atoms with Crippen molar-refractivity contribution in [2.24, 2.45) is 0 Å². The van der Waals surface area contributed by atoms with Crippen molar-refractivity contribution < 1.29 is 14.6 Å².